The molecular weight excluding hydrogens is 562 g/mol. The maximum absolute atomic E-state index is 14.3. The molecule has 232 valence electrons. The number of anilines is 1. The third kappa shape index (κ3) is 6.24. The second kappa shape index (κ2) is 12.3. The number of likely N-dealkylation sites (N-methyl/N-ethyl adjacent to an activating group) is 1. The first-order valence-corrected chi connectivity index (χ1v) is 16.7. The van der Waals surface area contributed by atoms with Crippen molar-refractivity contribution in [1.82, 2.24) is 20.1 Å². The van der Waals surface area contributed by atoms with Crippen molar-refractivity contribution in [2.75, 3.05) is 51.3 Å². The van der Waals surface area contributed by atoms with Gasteiger partial charge in [0.1, 0.15) is 18.7 Å². The van der Waals surface area contributed by atoms with Crippen LogP contribution in [0.5, 0.6) is 0 Å². The molecule has 3 aliphatic heterocycles. The van der Waals surface area contributed by atoms with Crippen molar-refractivity contribution in [2.45, 2.75) is 71.1 Å². The standard InChI is InChI=1S/C33H45N5O4S/c1-33(2,3)24-18-38(28-26(39)19-42-29(24)28)31(41)27(22-8-6-5-7-9-22)35-30(40)23-12-10-21(11-13-23)25-20-43-32(34-25)37-16-14-36(4)15-17-37/h10-13,20,22,24,27-29H,5-9,14-19H2,1-4H3,(H,35,40)/t24-,27-,28+,29+/m0/s1. The van der Waals surface area contributed by atoms with E-state index >= 15 is 0 Å². The van der Waals surface area contributed by atoms with Gasteiger partial charge in [-0.3, -0.25) is 14.4 Å². The number of amides is 2. The van der Waals surface area contributed by atoms with E-state index in [0.29, 0.717) is 12.1 Å². The van der Waals surface area contributed by atoms with Crippen molar-refractivity contribution in [3.63, 3.8) is 0 Å². The highest BCUT2D eigenvalue weighted by Gasteiger charge is 2.56. The normalized spacial score (nSPS) is 26.0. The summed E-state index contributed by atoms with van der Waals surface area (Å²) < 4.78 is 5.93. The summed E-state index contributed by atoms with van der Waals surface area (Å²) in [5, 5.41) is 6.23. The molecule has 1 N–H and O–H groups in total. The lowest BCUT2D eigenvalue weighted by molar-refractivity contribution is -0.139. The molecule has 4 fully saturated rings. The number of likely N-dealkylation sites (tertiary alicyclic amines) is 1. The molecule has 4 aliphatic rings. The van der Waals surface area contributed by atoms with E-state index in [4.69, 9.17) is 9.72 Å². The van der Waals surface area contributed by atoms with Crippen LogP contribution in [0.4, 0.5) is 5.13 Å². The first-order valence-electron chi connectivity index (χ1n) is 15.9. The summed E-state index contributed by atoms with van der Waals surface area (Å²) in [5.41, 5.74) is 2.26. The third-order valence-electron chi connectivity index (χ3n) is 9.96. The molecule has 1 aliphatic carbocycles. The van der Waals surface area contributed by atoms with Crippen LogP contribution in [0.2, 0.25) is 0 Å². The van der Waals surface area contributed by atoms with Crippen LogP contribution in [0.15, 0.2) is 29.6 Å². The predicted molar refractivity (Wildman–Crippen MR) is 168 cm³/mol. The first kappa shape index (κ1) is 30.2. The van der Waals surface area contributed by atoms with Gasteiger partial charge in [-0.25, -0.2) is 4.98 Å². The number of nitrogens with zero attached hydrogens (tertiary/aromatic N) is 4. The Hall–Kier alpha value is -2.82. The highest BCUT2D eigenvalue weighted by molar-refractivity contribution is 7.14. The van der Waals surface area contributed by atoms with E-state index in [9.17, 15) is 14.4 Å². The molecule has 43 heavy (non-hydrogen) atoms. The first-order chi connectivity index (χ1) is 20.6. The van der Waals surface area contributed by atoms with E-state index in [2.05, 4.69) is 48.3 Å². The Labute approximate surface area is 259 Å². The number of ketones is 1. The van der Waals surface area contributed by atoms with Gasteiger partial charge in [0, 0.05) is 55.1 Å². The molecule has 4 atom stereocenters. The van der Waals surface area contributed by atoms with Gasteiger partial charge in [0.2, 0.25) is 5.91 Å². The topological polar surface area (TPSA) is 95.1 Å². The fourth-order valence-corrected chi connectivity index (χ4v) is 8.12. The van der Waals surface area contributed by atoms with E-state index in [0.717, 1.165) is 74.7 Å². The number of aromatic nitrogens is 1. The average molecular weight is 608 g/mol. The number of fused-ring (bicyclic) bond motifs is 1. The molecule has 2 amide bonds. The smallest absolute Gasteiger partial charge is 0.251 e. The monoisotopic (exact) mass is 607 g/mol. The largest absolute Gasteiger partial charge is 0.367 e. The molecule has 9 nitrogen and oxygen atoms in total. The van der Waals surface area contributed by atoms with Gasteiger partial charge in [0.15, 0.2) is 10.9 Å². The van der Waals surface area contributed by atoms with Crippen LogP contribution < -0.4 is 10.2 Å². The number of hydrogen-bond donors (Lipinski definition) is 1. The lowest BCUT2D eigenvalue weighted by Crippen LogP contribution is -2.55. The molecule has 1 aromatic heterocycles. The molecular formula is C33H45N5O4S. The minimum Gasteiger partial charge on any atom is -0.367 e. The quantitative estimate of drug-likeness (QED) is 0.529. The lowest BCUT2D eigenvalue weighted by atomic mass is 9.78. The van der Waals surface area contributed by atoms with Crippen molar-refractivity contribution in [2.24, 2.45) is 17.3 Å². The molecule has 0 bridgehead atoms. The molecule has 1 saturated carbocycles. The summed E-state index contributed by atoms with van der Waals surface area (Å²) in [7, 11) is 2.14. The Morgan fingerprint density at radius 2 is 1.74 bits per heavy atom. The van der Waals surface area contributed by atoms with E-state index in [1.807, 2.05) is 24.3 Å². The minimum absolute atomic E-state index is 0.0350. The number of nitrogens with one attached hydrogen (secondary N) is 1. The van der Waals surface area contributed by atoms with E-state index < -0.39 is 12.1 Å². The zero-order chi connectivity index (χ0) is 30.3. The maximum Gasteiger partial charge on any atom is 0.251 e. The third-order valence-corrected chi connectivity index (χ3v) is 10.9. The number of ether oxygens (including phenoxy) is 1. The number of hydrogen-bond acceptors (Lipinski definition) is 8. The summed E-state index contributed by atoms with van der Waals surface area (Å²) >= 11 is 1.65. The van der Waals surface area contributed by atoms with Gasteiger partial charge in [-0.2, -0.15) is 0 Å². The molecule has 2 aromatic rings. The maximum atomic E-state index is 14.3. The summed E-state index contributed by atoms with van der Waals surface area (Å²) in [6.45, 7) is 10.9. The van der Waals surface area contributed by atoms with Gasteiger partial charge in [0.05, 0.1) is 11.8 Å². The molecule has 4 heterocycles. The zero-order valence-electron chi connectivity index (χ0n) is 25.9. The molecule has 10 heteroatoms. The molecule has 3 saturated heterocycles. The number of carbonyl (C=O) groups excluding carboxylic acids is 3. The lowest BCUT2D eigenvalue weighted by Gasteiger charge is -2.34. The van der Waals surface area contributed by atoms with Gasteiger partial charge in [-0.15, -0.1) is 11.3 Å². The number of thiazole rings is 1. The Kier molecular flexibility index (Phi) is 8.63. The van der Waals surface area contributed by atoms with Crippen LogP contribution in [-0.4, -0.2) is 96.9 Å². The van der Waals surface area contributed by atoms with Crippen LogP contribution in [0.1, 0.15) is 63.2 Å². The number of carbonyl (C=O) groups is 3. The summed E-state index contributed by atoms with van der Waals surface area (Å²) in [6.07, 6.45) is 4.73. The SMILES string of the molecule is CN1CCN(c2nc(-c3ccc(C(=O)N[C@H](C(=O)N4C[C@H](C(C)(C)C)[C@H]5OCC(=O)[C@H]54)C4CCCCC4)cc3)cs2)CC1. The van der Waals surface area contributed by atoms with Crippen molar-refractivity contribution < 1.29 is 19.1 Å². The highest BCUT2D eigenvalue weighted by atomic mass is 32.1. The number of rotatable bonds is 6. The van der Waals surface area contributed by atoms with E-state index in [1.165, 1.54) is 0 Å². The summed E-state index contributed by atoms with van der Waals surface area (Å²) in [4.78, 5) is 52.1. The number of piperazine rings is 1. The molecule has 0 unspecified atom stereocenters. The van der Waals surface area contributed by atoms with Crippen molar-refractivity contribution in [1.29, 1.82) is 0 Å². The fourth-order valence-electron chi connectivity index (χ4n) is 7.23. The van der Waals surface area contributed by atoms with Crippen LogP contribution in [0.25, 0.3) is 11.3 Å². The van der Waals surface area contributed by atoms with Crippen LogP contribution in [0.3, 0.4) is 0 Å². The van der Waals surface area contributed by atoms with E-state index in [-0.39, 0.29) is 47.6 Å². The van der Waals surface area contributed by atoms with Crippen molar-refractivity contribution in [3.05, 3.63) is 35.2 Å². The van der Waals surface area contributed by atoms with Gasteiger partial charge in [-0.1, -0.05) is 52.2 Å². The van der Waals surface area contributed by atoms with Gasteiger partial charge in [0.25, 0.3) is 5.91 Å². The van der Waals surface area contributed by atoms with Crippen LogP contribution in [0, 0.1) is 17.3 Å². The Balaban J connectivity index is 1.18. The zero-order valence-corrected chi connectivity index (χ0v) is 26.7. The van der Waals surface area contributed by atoms with Gasteiger partial charge >= 0.3 is 0 Å². The molecule has 0 radical (unpaired) electrons. The highest BCUT2D eigenvalue weighted by Crippen LogP contribution is 2.42. The van der Waals surface area contributed by atoms with E-state index in [1.54, 1.807) is 16.2 Å². The van der Waals surface area contributed by atoms with Crippen molar-refractivity contribution in [3.8, 4) is 11.3 Å². The average Bonchev–Trinajstić information content (AvgIpc) is 3.74. The minimum atomic E-state index is -0.662. The van der Waals surface area contributed by atoms with Crippen LogP contribution >= 0.6 is 11.3 Å². The molecule has 6 rings (SSSR count). The van der Waals surface area contributed by atoms with Crippen LogP contribution in [-0.2, 0) is 14.3 Å². The Bertz CT molecular complexity index is 1320. The molecule has 1 aromatic carbocycles. The number of Topliss-reactive ketones (excluding diaryl/α,β-unsaturated/α-hetero) is 1. The Morgan fingerprint density at radius 1 is 1.05 bits per heavy atom. The van der Waals surface area contributed by atoms with Crippen molar-refractivity contribution >= 4 is 34.1 Å². The summed E-state index contributed by atoms with van der Waals surface area (Å²) in [6, 6.07) is 6.28. The second-order valence-corrected chi connectivity index (χ2v) is 14.7. The van der Waals surface area contributed by atoms with Gasteiger partial charge in [-0.05, 0) is 43.4 Å². The Morgan fingerprint density at radius 3 is 2.42 bits per heavy atom. The second-order valence-electron chi connectivity index (χ2n) is 13.9. The fraction of sp³-hybridized carbons (Fsp3) is 0.636. The predicted octanol–water partition coefficient (Wildman–Crippen LogP) is 4.08. The molecule has 0 spiro atoms. The van der Waals surface area contributed by atoms with Gasteiger partial charge < -0.3 is 24.8 Å². The number of benzene rings is 1. The summed E-state index contributed by atoms with van der Waals surface area (Å²) in [5.74, 6) is -0.324.